The van der Waals surface area contributed by atoms with Crippen molar-refractivity contribution < 1.29 is 4.39 Å². The number of alkyl halides is 1. The van der Waals surface area contributed by atoms with E-state index in [-0.39, 0.29) is 5.83 Å². The smallest absolute Gasteiger partial charge is 0.119 e. The molecule has 0 amide bonds. The molecule has 0 saturated heterocycles. The Balaban J connectivity index is 2.51. The molecular weight excluding hydrogens is 290 g/mol. The second-order valence-corrected chi connectivity index (χ2v) is 4.94. The quantitative estimate of drug-likeness (QED) is 0.512. The lowest BCUT2D eigenvalue weighted by atomic mass is 9.82. The summed E-state index contributed by atoms with van der Waals surface area (Å²) in [6.07, 6.45) is 10.2. The Kier molecular flexibility index (Phi) is 5.75. The van der Waals surface area contributed by atoms with Crippen molar-refractivity contribution >= 4 is 22.6 Å². The van der Waals surface area contributed by atoms with E-state index in [0.717, 1.165) is 12.8 Å². The maximum atomic E-state index is 13.0. The summed E-state index contributed by atoms with van der Waals surface area (Å²) in [5, 5.41) is 0. The predicted octanol–water partition coefficient (Wildman–Crippen LogP) is 4.66. The molecule has 0 aliphatic heterocycles. The van der Waals surface area contributed by atoms with E-state index in [1.54, 1.807) is 12.2 Å². The van der Waals surface area contributed by atoms with Gasteiger partial charge >= 0.3 is 0 Å². The van der Waals surface area contributed by atoms with Crippen LogP contribution >= 0.6 is 22.6 Å². The van der Waals surface area contributed by atoms with E-state index in [1.807, 2.05) is 0 Å². The molecule has 2 heteroatoms. The molecule has 0 bridgehead atoms. The number of halogens is 2. The van der Waals surface area contributed by atoms with E-state index >= 15 is 0 Å². The number of rotatable bonds is 5. The second-order valence-electron chi connectivity index (χ2n) is 3.86. The third-order valence-electron chi connectivity index (χ3n) is 2.72. The van der Waals surface area contributed by atoms with Crippen LogP contribution in [-0.2, 0) is 0 Å². The summed E-state index contributed by atoms with van der Waals surface area (Å²) in [6, 6.07) is 0. The van der Waals surface area contributed by atoms with Gasteiger partial charge in [0.05, 0.1) is 0 Å². The SMILES string of the molecule is CCCC1C=C(F)C=CC1CCCI. The monoisotopic (exact) mass is 308 g/mol. The van der Waals surface area contributed by atoms with E-state index < -0.39 is 0 Å². The van der Waals surface area contributed by atoms with Crippen LogP contribution in [0.5, 0.6) is 0 Å². The molecule has 2 unspecified atom stereocenters. The first-order valence-electron chi connectivity index (χ1n) is 5.39. The molecule has 0 spiro atoms. The van der Waals surface area contributed by atoms with Gasteiger partial charge in [0, 0.05) is 0 Å². The fraction of sp³-hybridized carbons (Fsp3) is 0.667. The van der Waals surface area contributed by atoms with Gasteiger partial charge in [-0.05, 0) is 47.7 Å². The van der Waals surface area contributed by atoms with Crippen molar-refractivity contribution in [3.8, 4) is 0 Å². The van der Waals surface area contributed by atoms with Crippen molar-refractivity contribution in [2.75, 3.05) is 4.43 Å². The van der Waals surface area contributed by atoms with Crippen LogP contribution in [0.2, 0.25) is 0 Å². The second kappa shape index (κ2) is 6.59. The van der Waals surface area contributed by atoms with Gasteiger partial charge in [-0.2, -0.15) is 0 Å². The van der Waals surface area contributed by atoms with Crippen molar-refractivity contribution in [1.82, 2.24) is 0 Å². The minimum absolute atomic E-state index is 0.0471. The van der Waals surface area contributed by atoms with E-state index in [9.17, 15) is 4.39 Å². The maximum absolute atomic E-state index is 13.0. The molecule has 1 aliphatic carbocycles. The first-order valence-corrected chi connectivity index (χ1v) is 6.92. The standard InChI is InChI=1S/C12H18FI/c1-2-4-11-9-12(13)7-6-10(11)5-3-8-14/h6-7,9-11H,2-5,8H2,1H3. The van der Waals surface area contributed by atoms with Crippen LogP contribution in [0.3, 0.4) is 0 Å². The minimum Gasteiger partial charge on any atom is -0.207 e. The van der Waals surface area contributed by atoms with Crippen LogP contribution in [0, 0.1) is 11.8 Å². The Morgan fingerprint density at radius 3 is 2.79 bits per heavy atom. The van der Waals surface area contributed by atoms with Gasteiger partial charge in [0.1, 0.15) is 5.83 Å². The topological polar surface area (TPSA) is 0 Å². The summed E-state index contributed by atoms with van der Waals surface area (Å²) in [6.45, 7) is 2.17. The molecule has 2 atom stereocenters. The van der Waals surface area contributed by atoms with Gasteiger partial charge in [-0.15, -0.1) is 0 Å². The third kappa shape index (κ3) is 3.71. The zero-order valence-corrected chi connectivity index (χ0v) is 10.8. The lowest BCUT2D eigenvalue weighted by molar-refractivity contribution is 0.399. The molecule has 0 nitrogen and oxygen atoms in total. The Morgan fingerprint density at radius 2 is 2.14 bits per heavy atom. The summed E-state index contributed by atoms with van der Waals surface area (Å²) in [5.41, 5.74) is 0. The number of hydrogen-bond acceptors (Lipinski definition) is 0. The van der Waals surface area contributed by atoms with E-state index in [0.29, 0.717) is 11.8 Å². The van der Waals surface area contributed by atoms with Crippen molar-refractivity contribution in [2.45, 2.75) is 32.6 Å². The fourth-order valence-corrected chi connectivity index (χ4v) is 2.44. The number of hydrogen-bond donors (Lipinski definition) is 0. The predicted molar refractivity (Wildman–Crippen MR) is 68.3 cm³/mol. The summed E-state index contributed by atoms with van der Waals surface area (Å²) in [7, 11) is 0. The van der Waals surface area contributed by atoms with E-state index in [4.69, 9.17) is 0 Å². The lowest BCUT2D eigenvalue weighted by Gasteiger charge is -2.23. The highest BCUT2D eigenvalue weighted by Gasteiger charge is 2.19. The average Bonchev–Trinajstić information content (AvgIpc) is 2.17. The molecule has 1 aliphatic rings. The molecule has 0 aromatic rings. The van der Waals surface area contributed by atoms with Gasteiger partial charge in [0.15, 0.2) is 0 Å². The Labute approximate surface area is 99.8 Å². The van der Waals surface area contributed by atoms with Crippen LogP contribution in [0.15, 0.2) is 24.1 Å². The maximum Gasteiger partial charge on any atom is 0.119 e. The van der Waals surface area contributed by atoms with Crippen LogP contribution in [0.4, 0.5) is 4.39 Å². The van der Waals surface area contributed by atoms with E-state index in [1.165, 1.54) is 17.3 Å². The van der Waals surface area contributed by atoms with E-state index in [2.05, 4.69) is 35.6 Å². The molecule has 0 heterocycles. The van der Waals surface area contributed by atoms with Gasteiger partial charge in [-0.25, -0.2) is 4.39 Å². The molecule has 80 valence electrons. The van der Waals surface area contributed by atoms with Crippen LogP contribution in [0.1, 0.15) is 32.6 Å². The summed E-state index contributed by atoms with van der Waals surface area (Å²) >= 11 is 2.40. The summed E-state index contributed by atoms with van der Waals surface area (Å²) in [4.78, 5) is 0. The molecule has 0 aromatic carbocycles. The molecule has 0 saturated carbocycles. The molecular formula is C12H18FI. The fourth-order valence-electron chi connectivity index (χ4n) is 2.00. The Hall–Kier alpha value is 0.140. The van der Waals surface area contributed by atoms with Gasteiger partial charge in [-0.1, -0.05) is 42.0 Å². The molecule has 0 radical (unpaired) electrons. The normalized spacial score (nSPS) is 26.4. The van der Waals surface area contributed by atoms with Crippen LogP contribution in [0.25, 0.3) is 0 Å². The number of allylic oxidation sites excluding steroid dienone is 4. The van der Waals surface area contributed by atoms with Gasteiger partial charge < -0.3 is 0 Å². The largest absolute Gasteiger partial charge is 0.207 e. The average molecular weight is 308 g/mol. The molecule has 14 heavy (non-hydrogen) atoms. The van der Waals surface area contributed by atoms with Gasteiger partial charge in [0.25, 0.3) is 0 Å². The van der Waals surface area contributed by atoms with Crippen LogP contribution in [-0.4, -0.2) is 4.43 Å². The summed E-state index contributed by atoms with van der Waals surface area (Å²) < 4.78 is 14.2. The lowest BCUT2D eigenvalue weighted by Crippen LogP contribution is -2.13. The highest BCUT2D eigenvalue weighted by molar-refractivity contribution is 14.1. The summed E-state index contributed by atoms with van der Waals surface area (Å²) in [5.74, 6) is 0.964. The first kappa shape index (κ1) is 12.2. The Bertz CT molecular complexity index is 220. The highest BCUT2D eigenvalue weighted by Crippen LogP contribution is 2.30. The van der Waals surface area contributed by atoms with Crippen molar-refractivity contribution in [2.24, 2.45) is 11.8 Å². The molecule has 0 fully saturated rings. The third-order valence-corrected chi connectivity index (χ3v) is 3.48. The van der Waals surface area contributed by atoms with Gasteiger partial charge in [-0.3, -0.25) is 0 Å². The Morgan fingerprint density at radius 1 is 1.36 bits per heavy atom. The first-order chi connectivity index (χ1) is 6.77. The van der Waals surface area contributed by atoms with Gasteiger partial charge in [0.2, 0.25) is 0 Å². The molecule has 0 N–H and O–H groups in total. The van der Waals surface area contributed by atoms with Crippen LogP contribution < -0.4 is 0 Å². The molecule has 0 aromatic heterocycles. The zero-order chi connectivity index (χ0) is 10.4. The highest BCUT2D eigenvalue weighted by atomic mass is 127. The van der Waals surface area contributed by atoms with Crippen molar-refractivity contribution in [3.63, 3.8) is 0 Å². The van der Waals surface area contributed by atoms with Crippen molar-refractivity contribution in [1.29, 1.82) is 0 Å². The minimum atomic E-state index is -0.0471. The molecule has 1 rings (SSSR count). The zero-order valence-electron chi connectivity index (χ0n) is 8.68. The van der Waals surface area contributed by atoms with Crippen molar-refractivity contribution in [3.05, 3.63) is 24.1 Å².